The van der Waals surface area contributed by atoms with Crippen molar-refractivity contribution in [2.45, 2.75) is 80.9 Å². The minimum atomic E-state index is -6.23. The van der Waals surface area contributed by atoms with Crippen LogP contribution in [0.4, 0.5) is 11.8 Å². The average Bonchev–Trinajstić information content (AvgIpc) is 4.18. The summed E-state index contributed by atoms with van der Waals surface area (Å²) in [6, 6.07) is 0.921. The average molecular weight is 1180 g/mol. The first-order valence-electron chi connectivity index (χ1n) is 22.3. The fourth-order valence-electron chi connectivity index (χ4n) is 8.61. The van der Waals surface area contributed by atoms with Gasteiger partial charge in [-0.2, -0.15) is 8.62 Å². The number of carbonyl (C=O) groups excluding carboxylic acids is 1. The third-order valence-electron chi connectivity index (χ3n) is 11.9. The van der Waals surface area contributed by atoms with Gasteiger partial charge in [0, 0.05) is 38.3 Å². The van der Waals surface area contributed by atoms with Crippen molar-refractivity contribution < 1.29 is 108 Å². The molecule has 3 saturated heterocycles. The molecule has 16 atom stereocenters. The summed E-state index contributed by atoms with van der Waals surface area (Å²) < 4.78 is 109. The number of amides is 1. The lowest BCUT2D eigenvalue weighted by Gasteiger charge is -2.26. The first-order chi connectivity index (χ1) is 36.1. The Morgan fingerprint density at radius 1 is 0.818 bits per heavy atom. The molecule has 0 aromatic carbocycles. The molecule has 0 aliphatic carbocycles. The highest BCUT2D eigenvalue weighted by atomic mass is 31.3. The molecule has 0 bridgehead atoms. The second-order valence-electron chi connectivity index (χ2n) is 17.0. The second-order valence-corrected chi connectivity index (χ2v) is 23.1. The van der Waals surface area contributed by atoms with Crippen LogP contribution >= 0.6 is 31.3 Å². The summed E-state index contributed by atoms with van der Waals surface area (Å²) in [5.41, 5.74) is 9.14. The van der Waals surface area contributed by atoms with Crippen molar-refractivity contribution in [3.05, 3.63) is 62.4 Å². The zero-order chi connectivity index (χ0) is 56.1. The van der Waals surface area contributed by atoms with Gasteiger partial charge in [0.15, 0.2) is 30.2 Å². The Balaban J connectivity index is 0.949. The van der Waals surface area contributed by atoms with Gasteiger partial charge in [0.25, 0.3) is 17.1 Å². The smallest absolute Gasteiger partial charge is 0.387 e. The van der Waals surface area contributed by atoms with Gasteiger partial charge >= 0.3 is 42.6 Å². The number of hydrogen-bond donors (Lipinski definition) is 12. The van der Waals surface area contributed by atoms with E-state index in [1.807, 2.05) is 4.98 Å². The third-order valence-corrected chi connectivity index (χ3v) is 17.2. The van der Waals surface area contributed by atoms with Gasteiger partial charge in [-0.25, -0.2) is 42.6 Å². The van der Waals surface area contributed by atoms with Crippen molar-refractivity contribution in [3.63, 3.8) is 0 Å². The minimum Gasteiger partial charge on any atom is -0.387 e. The van der Waals surface area contributed by atoms with Gasteiger partial charge in [0.2, 0.25) is 17.7 Å². The van der Waals surface area contributed by atoms with E-state index in [0.717, 1.165) is 36.6 Å². The van der Waals surface area contributed by atoms with Crippen molar-refractivity contribution in [2.24, 2.45) is 13.0 Å². The number of carbonyl (C=O) groups is 1. The summed E-state index contributed by atoms with van der Waals surface area (Å²) in [5, 5.41) is 35.2. The van der Waals surface area contributed by atoms with Crippen LogP contribution < -0.4 is 38.2 Å². The number of rotatable bonds is 22. The summed E-state index contributed by atoms with van der Waals surface area (Å²) in [5.74, 6) is -2.26. The van der Waals surface area contributed by atoms with E-state index in [4.69, 9.17) is 48.5 Å². The molecule has 77 heavy (non-hydrogen) atoms. The molecule has 8 rings (SSSR count). The van der Waals surface area contributed by atoms with E-state index in [-0.39, 0.29) is 40.6 Å². The van der Waals surface area contributed by atoms with E-state index in [0.29, 0.717) is 0 Å². The number of aromatic amines is 2. The SMILES string of the molecule is CCNC(=O)C[C@@H]1[C@@H](COP(=O)(O)OP(=O)(O)OP(=O)(O)OC[C@H]2O[C@@H](n3cnc4c(N)ncnc43)[C@H](OC)[C@@H]2OP(=O)(O)OC[C@H]2O[C@@H](n3ccc(=O)[nH]c3=O)[C@H](O)[C@@H]2O)OC([n+]2cn(C)c3c(=O)[nH]c(N)nc32)[C@@H]1O. The molecule has 5 aromatic heterocycles. The quantitative estimate of drug-likeness (QED) is 0.0231. The number of nitrogens with zero attached hydrogens (tertiary/aromatic N) is 8. The number of nitrogens with two attached hydrogens (primary N) is 2. The molecule has 3 aliphatic heterocycles. The number of aliphatic hydroxyl groups excluding tert-OH is 3. The van der Waals surface area contributed by atoms with Gasteiger partial charge in [-0.05, 0) is 6.92 Å². The van der Waals surface area contributed by atoms with Crippen molar-refractivity contribution in [2.75, 3.05) is 44.9 Å². The molecule has 424 valence electrons. The first-order valence-corrected chi connectivity index (χ1v) is 28.3. The van der Waals surface area contributed by atoms with Crippen molar-refractivity contribution in [1.82, 2.24) is 48.9 Å². The lowest BCUT2D eigenvalue weighted by atomic mass is 9.94. The van der Waals surface area contributed by atoms with Gasteiger partial charge in [-0.15, -0.1) is 0 Å². The van der Waals surface area contributed by atoms with E-state index in [9.17, 15) is 72.3 Å². The number of ether oxygens (including phenoxy) is 4. The van der Waals surface area contributed by atoms with Crippen LogP contribution in [0.3, 0.4) is 0 Å². The van der Waals surface area contributed by atoms with Crippen LogP contribution in [-0.2, 0) is 75.8 Å². The van der Waals surface area contributed by atoms with Gasteiger partial charge in [0.1, 0.15) is 54.6 Å². The van der Waals surface area contributed by atoms with Crippen LogP contribution in [0.25, 0.3) is 22.3 Å². The summed E-state index contributed by atoms with van der Waals surface area (Å²) >= 11 is 0. The van der Waals surface area contributed by atoms with E-state index < -0.39 is 154 Å². The van der Waals surface area contributed by atoms with Crippen molar-refractivity contribution in [1.29, 1.82) is 0 Å². The molecule has 14 N–H and O–H groups in total. The molecule has 42 heteroatoms. The standard InChI is InChI=1S/C35H49N13O25P4/c1-4-38-19(50)7-14-15(68-31(22(14)51)48-13-45(2)21-29(48)43-34(37)44-30(21)54)8-66-75(58,59)72-77(62,63)73-76(60,61)67-10-17-25(26(64-3)33(70-17)47-12-41-20-27(36)39-11-40-28(20)47)71-74(56,57)65-9-16-23(52)24(53)32(69-16)46-6-5-18(49)42-35(46)55/h5-6,11-17,22-26,31-33,51-53H,4,7-10H2,1-3H3,(H10-,36,37,38,39,40,42,43,44,49,50,54,55,56,57,58,59,60,61,62,63)/p+1/t14-,15-,16-,17-,22-,23-,24-,25-,26-,31?,32-,33-/m1/s1. The van der Waals surface area contributed by atoms with Crippen molar-refractivity contribution >= 4 is 71.3 Å². The third kappa shape index (κ3) is 12.7. The molecule has 0 radical (unpaired) electrons. The number of aromatic nitrogens is 10. The molecule has 3 aliphatic rings. The molecule has 0 saturated carbocycles. The molecule has 38 nitrogen and oxygen atoms in total. The Morgan fingerprint density at radius 2 is 1.47 bits per heavy atom. The molecule has 1 amide bonds. The number of aliphatic hydroxyl groups is 3. The minimum absolute atomic E-state index is 0.00187. The highest BCUT2D eigenvalue weighted by molar-refractivity contribution is 7.66. The van der Waals surface area contributed by atoms with Crippen LogP contribution in [0.5, 0.6) is 0 Å². The number of phosphoric acid groups is 4. The Bertz CT molecular complexity index is 3390. The highest BCUT2D eigenvalue weighted by Crippen LogP contribution is 2.68. The maximum atomic E-state index is 13.6. The van der Waals surface area contributed by atoms with Crippen LogP contribution in [0, 0.1) is 5.92 Å². The summed E-state index contributed by atoms with van der Waals surface area (Å²) in [7, 11) is -21.0. The zero-order valence-electron chi connectivity index (χ0n) is 39.9. The Hall–Kier alpha value is -5.11. The summed E-state index contributed by atoms with van der Waals surface area (Å²) in [6.07, 6.45) is -14.4. The largest absolute Gasteiger partial charge is 0.490 e. The predicted octanol–water partition coefficient (Wildman–Crippen LogP) is -4.09. The van der Waals surface area contributed by atoms with Gasteiger partial charge in [-0.1, -0.05) is 4.98 Å². The van der Waals surface area contributed by atoms with Gasteiger partial charge < -0.3 is 70.6 Å². The number of nitrogens with one attached hydrogen (secondary N) is 3. The molecule has 5 aromatic rings. The lowest BCUT2D eigenvalue weighted by Crippen LogP contribution is -2.45. The first kappa shape index (κ1) is 58.0. The monoisotopic (exact) mass is 1180 g/mol. The fraction of sp³-hybridized carbons (Fsp3) is 0.571. The van der Waals surface area contributed by atoms with Crippen molar-refractivity contribution in [3.8, 4) is 0 Å². The maximum absolute atomic E-state index is 13.6. The molecule has 8 heterocycles. The van der Waals surface area contributed by atoms with E-state index in [1.54, 1.807) is 6.92 Å². The normalized spacial score (nSPS) is 29.8. The highest BCUT2D eigenvalue weighted by Gasteiger charge is 2.54. The maximum Gasteiger partial charge on any atom is 0.490 e. The second kappa shape index (κ2) is 22.6. The van der Waals surface area contributed by atoms with Gasteiger partial charge in [0.05, 0.1) is 39.3 Å². The summed E-state index contributed by atoms with van der Waals surface area (Å²) in [6.45, 7) is -1.59. The number of imidazole rings is 2. The molecule has 3 fully saturated rings. The molecule has 5 unspecified atom stereocenters. The predicted molar refractivity (Wildman–Crippen MR) is 249 cm³/mol. The fourth-order valence-corrected chi connectivity index (χ4v) is 13.1. The topological polar surface area (TPSA) is 536 Å². The number of fused-ring (bicyclic) bond motifs is 2. The molecular weight excluding hydrogens is 1130 g/mol. The lowest BCUT2D eigenvalue weighted by molar-refractivity contribution is -0.745. The van der Waals surface area contributed by atoms with Crippen LogP contribution in [0.1, 0.15) is 32.0 Å². The number of anilines is 2. The number of aryl methyl sites for hydroxylation is 1. The van der Waals surface area contributed by atoms with E-state index in [1.165, 1.54) is 27.1 Å². The number of hydrogen-bond acceptors (Lipinski definition) is 27. The van der Waals surface area contributed by atoms with Crippen LogP contribution in [-0.4, -0.2) is 167 Å². The summed E-state index contributed by atoms with van der Waals surface area (Å²) in [4.78, 5) is 112. The number of methoxy groups -OCH3 is 1. The molecule has 0 spiro atoms. The Labute approximate surface area is 428 Å². The number of phosphoric ester groups is 3. The molecular formula is C35H50N13O25P4+. The Kier molecular flexibility index (Phi) is 17.0. The van der Waals surface area contributed by atoms with E-state index >= 15 is 0 Å². The number of H-pyrrole nitrogens is 2. The van der Waals surface area contributed by atoms with Crippen LogP contribution in [0.15, 0.2) is 45.6 Å². The Morgan fingerprint density at radius 3 is 2.13 bits per heavy atom. The number of nitrogen functional groups attached to an aromatic ring is 2. The van der Waals surface area contributed by atoms with E-state index in [2.05, 4.69) is 38.9 Å². The van der Waals surface area contributed by atoms with Gasteiger partial charge in [-0.3, -0.25) is 56.1 Å². The van der Waals surface area contributed by atoms with Crippen LogP contribution in [0.2, 0.25) is 0 Å². The zero-order valence-corrected chi connectivity index (χ0v) is 43.4.